The Balaban J connectivity index is 4.47. The van der Waals surface area contributed by atoms with Crippen molar-refractivity contribution in [3.63, 3.8) is 0 Å². The summed E-state index contributed by atoms with van der Waals surface area (Å²) in [5.41, 5.74) is -1.27. The van der Waals surface area contributed by atoms with E-state index in [1.54, 1.807) is 41.5 Å². The number of thiol groups is 1. The molecule has 0 aromatic rings. The van der Waals surface area contributed by atoms with Crippen LogP contribution >= 0.6 is 12.6 Å². The summed E-state index contributed by atoms with van der Waals surface area (Å²) in [6, 6.07) is -2.01. The first-order valence-electron chi connectivity index (χ1n) is 12.9. The number of rotatable bonds is 17. The molecule has 0 radical (unpaired) electrons. The maximum atomic E-state index is 12.7. The molecule has 2 atom stereocenters. The van der Waals surface area contributed by atoms with Gasteiger partial charge < -0.3 is 40.0 Å². The van der Waals surface area contributed by atoms with Gasteiger partial charge in [-0.3, -0.25) is 9.59 Å². The van der Waals surface area contributed by atoms with Crippen molar-refractivity contribution in [2.24, 2.45) is 0 Å². The van der Waals surface area contributed by atoms with Crippen molar-refractivity contribution in [1.82, 2.24) is 16.0 Å². The van der Waals surface area contributed by atoms with Gasteiger partial charge in [0, 0.05) is 18.7 Å². The van der Waals surface area contributed by atoms with Gasteiger partial charge >= 0.3 is 24.1 Å². The molecule has 14 heteroatoms. The molecule has 39 heavy (non-hydrogen) atoms. The van der Waals surface area contributed by atoms with Crippen molar-refractivity contribution < 1.29 is 48.0 Å². The second-order valence-electron chi connectivity index (χ2n) is 10.6. The normalized spacial score (nSPS) is 13.0. The van der Waals surface area contributed by atoms with Gasteiger partial charge in [-0.25, -0.2) is 14.4 Å². The highest BCUT2D eigenvalue weighted by Crippen LogP contribution is 2.13. The average Bonchev–Trinajstić information content (AvgIpc) is 2.78. The van der Waals surface area contributed by atoms with Gasteiger partial charge in [0.05, 0.1) is 13.2 Å². The van der Waals surface area contributed by atoms with Crippen LogP contribution in [0, 0.1) is 0 Å². The lowest BCUT2D eigenvalue weighted by Crippen LogP contribution is -2.48. The molecule has 0 spiro atoms. The fraction of sp³-hybridized carbons (Fsp3) is 0.800. The van der Waals surface area contributed by atoms with Crippen LogP contribution in [-0.2, 0) is 33.3 Å². The Bertz CT molecular complexity index is 796. The van der Waals surface area contributed by atoms with Gasteiger partial charge in [-0.2, -0.15) is 12.6 Å². The number of unbranched alkanes of at least 4 members (excludes halogenated alkanes) is 2. The van der Waals surface area contributed by atoms with Gasteiger partial charge in [0.2, 0.25) is 5.91 Å². The maximum absolute atomic E-state index is 12.7. The number of hydrogen-bond donors (Lipinski definition) is 5. The molecule has 2 unspecified atom stereocenters. The third-order valence-corrected chi connectivity index (χ3v) is 4.95. The van der Waals surface area contributed by atoms with Gasteiger partial charge in [-0.1, -0.05) is 12.8 Å². The number of aliphatic carboxylic acids is 1. The van der Waals surface area contributed by atoms with E-state index in [1.165, 1.54) is 0 Å². The standard InChI is InChI=1S/C25H45N3O10S/c1-24(2,3)37-19(29)11-9-7-8-10-17(27-23(34)38-25(4,5)6)20(30)26-12-13-35-14-15-36-22(33)28-18(16-39)21(31)32/h17-18,39H,7-16H2,1-6H3,(H,26,30)(H,27,34)(H,28,33)(H,31,32). The molecule has 226 valence electrons. The first kappa shape index (κ1) is 36.3. The summed E-state index contributed by atoms with van der Waals surface area (Å²) in [6.45, 7) is 10.7. The Morgan fingerprint density at radius 3 is 1.97 bits per heavy atom. The number of esters is 1. The van der Waals surface area contributed by atoms with Crippen molar-refractivity contribution in [1.29, 1.82) is 0 Å². The van der Waals surface area contributed by atoms with Crippen LogP contribution in [0.3, 0.4) is 0 Å². The van der Waals surface area contributed by atoms with E-state index in [2.05, 4.69) is 28.6 Å². The molecule has 0 saturated heterocycles. The monoisotopic (exact) mass is 579 g/mol. The number of hydrogen-bond acceptors (Lipinski definition) is 10. The molecule has 0 fully saturated rings. The Kier molecular flexibility index (Phi) is 17.2. The summed E-state index contributed by atoms with van der Waals surface area (Å²) in [6.07, 6.45) is 0.828. The zero-order valence-corrected chi connectivity index (χ0v) is 24.7. The highest BCUT2D eigenvalue weighted by Gasteiger charge is 2.24. The minimum atomic E-state index is -1.23. The van der Waals surface area contributed by atoms with Gasteiger partial charge in [-0.15, -0.1) is 0 Å². The first-order valence-corrected chi connectivity index (χ1v) is 13.5. The van der Waals surface area contributed by atoms with Crippen molar-refractivity contribution in [2.75, 3.05) is 32.1 Å². The molecule has 13 nitrogen and oxygen atoms in total. The summed E-state index contributed by atoms with van der Waals surface area (Å²) >= 11 is 3.83. The maximum Gasteiger partial charge on any atom is 0.408 e. The molecule has 0 aliphatic heterocycles. The van der Waals surface area contributed by atoms with E-state index < -0.39 is 47.3 Å². The van der Waals surface area contributed by atoms with Crippen LogP contribution in [0.15, 0.2) is 0 Å². The van der Waals surface area contributed by atoms with Gasteiger partial charge in [0.25, 0.3) is 0 Å². The van der Waals surface area contributed by atoms with Gasteiger partial charge in [0.15, 0.2) is 0 Å². The lowest BCUT2D eigenvalue weighted by molar-refractivity contribution is -0.155. The van der Waals surface area contributed by atoms with E-state index in [0.717, 1.165) is 0 Å². The van der Waals surface area contributed by atoms with Crippen LogP contribution in [0.1, 0.15) is 73.6 Å². The van der Waals surface area contributed by atoms with Crippen LogP contribution < -0.4 is 16.0 Å². The van der Waals surface area contributed by atoms with Crippen molar-refractivity contribution >= 4 is 42.7 Å². The third-order valence-electron chi connectivity index (χ3n) is 4.58. The summed E-state index contributed by atoms with van der Waals surface area (Å²) in [5, 5.41) is 16.3. The van der Waals surface area contributed by atoms with Crippen molar-refractivity contribution in [3.05, 3.63) is 0 Å². The molecule has 0 aromatic carbocycles. The second kappa shape index (κ2) is 18.5. The molecular weight excluding hydrogens is 534 g/mol. The summed E-state index contributed by atoms with van der Waals surface area (Å²) in [7, 11) is 0. The van der Waals surface area contributed by atoms with Crippen LogP contribution in [0.2, 0.25) is 0 Å². The fourth-order valence-corrected chi connectivity index (χ4v) is 3.19. The van der Waals surface area contributed by atoms with Crippen LogP contribution in [0.5, 0.6) is 0 Å². The Labute approximate surface area is 235 Å². The first-order chi connectivity index (χ1) is 18.0. The van der Waals surface area contributed by atoms with E-state index in [-0.39, 0.29) is 44.5 Å². The number of carboxylic acid groups (broad SMARTS) is 1. The van der Waals surface area contributed by atoms with Crippen LogP contribution in [0.4, 0.5) is 9.59 Å². The zero-order chi connectivity index (χ0) is 30.1. The molecule has 0 bridgehead atoms. The number of amides is 3. The fourth-order valence-electron chi connectivity index (χ4n) is 2.94. The number of nitrogens with one attached hydrogen (secondary N) is 3. The van der Waals surface area contributed by atoms with Crippen molar-refractivity contribution in [3.8, 4) is 0 Å². The molecule has 0 aromatic heterocycles. The molecule has 3 amide bonds. The largest absolute Gasteiger partial charge is 0.480 e. The topological polar surface area (TPSA) is 179 Å². The zero-order valence-electron chi connectivity index (χ0n) is 23.8. The molecule has 0 aliphatic rings. The SMILES string of the molecule is CC(C)(C)OC(=O)CCCCCC(NC(=O)OC(C)(C)C)C(=O)NCCOCCOC(=O)NC(CS)C(=O)O. The van der Waals surface area contributed by atoms with Gasteiger partial charge in [0.1, 0.15) is 29.9 Å². The minimum absolute atomic E-state index is 0.0269. The number of carboxylic acids is 1. The highest BCUT2D eigenvalue weighted by atomic mass is 32.1. The highest BCUT2D eigenvalue weighted by molar-refractivity contribution is 7.80. The Morgan fingerprint density at radius 1 is 0.795 bits per heavy atom. The van der Waals surface area contributed by atoms with E-state index in [1.807, 2.05) is 0 Å². The van der Waals surface area contributed by atoms with E-state index >= 15 is 0 Å². The summed E-state index contributed by atoms with van der Waals surface area (Å²) < 4.78 is 20.7. The molecule has 4 N–H and O–H groups in total. The molecular formula is C25H45N3O10S. The van der Waals surface area contributed by atoms with E-state index in [4.69, 9.17) is 24.1 Å². The minimum Gasteiger partial charge on any atom is -0.480 e. The number of alkyl carbamates (subject to hydrolysis) is 2. The van der Waals surface area contributed by atoms with Gasteiger partial charge in [-0.05, 0) is 54.4 Å². The van der Waals surface area contributed by atoms with Crippen LogP contribution in [0.25, 0.3) is 0 Å². The average molecular weight is 580 g/mol. The predicted octanol–water partition coefficient (Wildman–Crippen LogP) is 2.41. The Morgan fingerprint density at radius 2 is 1.41 bits per heavy atom. The lowest BCUT2D eigenvalue weighted by Gasteiger charge is -2.23. The number of ether oxygens (including phenoxy) is 4. The predicted molar refractivity (Wildman–Crippen MR) is 146 cm³/mol. The second-order valence-corrected chi connectivity index (χ2v) is 11.0. The van der Waals surface area contributed by atoms with E-state index in [9.17, 15) is 24.0 Å². The van der Waals surface area contributed by atoms with Crippen LogP contribution in [-0.4, -0.2) is 90.5 Å². The quantitative estimate of drug-likeness (QED) is 0.0744. The number of carbonyl (C=O) groups is 5. The summed E-state index contributed by atoms with van der Waals surface area (Å²) in [4.78, 5) is 59.2. The Hall–Kier alpha value is -2.74. The molecule has 0 rings (SSSR count). The van der Waals surface area contributed by atoms with Crippen molar-refractivity contribution in [2.45, 2.75) is 96.9 Å². The lowest BCUT2D eigenvalue weighted by atomic mass is 10.1. The summed E-state index contributed by atoms with van der Waals surface area (Å²) in [5.74, 6) is -2.01. The molecule has 0 saturated carbocycles. The van der Waals surface area contributed by atoms with E-state index in [0.29, 0.717) is 25.7 Å². The smallest absolute Gasteiger partial charge is 0.408 e. The molecule has 0 aliphatic carbocycles. The third kappa shape index (κ3) is 20.8. The number of carbonyl (C=O) groups excluding carboxylic acids is 4. The molecule has 0 heterocycles.